The summed E-state index contributed by atoms with van der Waals surface area (Å²) in [5, 5.41) is 7.90. The van der Waals surface area contributed by atoms with Crippen LogP contribution in [0.1, 0.15) is 29.8 Å². The summed E-state index contributed by atoms with van der Waals surface area (Å²) < 4.78 is 6.81. The van der Waals surface area contributed by atoms with Crippen molar-refractivity contribution in [3.05, 3.63) is 59.7 Å². The van der Waals surface area contributed by atoms with E-state index in [4.69, 9.17) is 21.8 Å². The van der Waals surface area contributed by atoms with Crippen LogP contribution < -0.4 is 11.1 Å². The van der Waals surface area contributed by atoms with Crippen molar-refractivity contribution < 1.29 is 18.8 Å². The Morgan fingerprint density at radius 3 is 2.81 bits per heavy atom. The van der Waals surface area contributed by atoms with Gasteiger partial charge < -0.3 is 20.4 Å². The van der Waals surface area contributed by atoms with Crippen molar-refractivity contribution in [1.82, 2.24) is 24.6 Å². The van der Waals surface area contributed by atoms with Gasteiger partial charge >= 0.3 is 0 Å². The molecule has 11 nitrogen and oxygen atoms in total. The molecule has 6 rings (SSSR count). The van der Waals surface area contributed by atoms with E-state index < -0.39 is 11.9 Å². The minimum atomic E-state index is -0.716. The van der Waals surface area contributed by atoms with Gasteiger partial charge in [-0.2, -0.15) is 5.10 Å². The van der Waals surface area contributed by atoms with Crippen LogP contribution in [0.25, 0.3) is 22.4 Å². The fraction of sp³-hybridized carbons (Fsp3) is 0.280. The van der Waals surface area contributed by atoms with Crippen molar-refractivity contribution in [2.45, 2.75) is 37.9 Å². The Balaban J connectivity index is 1.29. The highest BCUT2D eigenvalue weighted by Gasteiger charge is 2.51. The van der Waals surface area contributed by atoms with Crippen LogP contribution in [0.3, 0.4) is 0 Å². The molecule has 1 aliphatic carbocycles. The number of aromatic nitrogens is 4. The molecule has 3 N–H and O–H groups in total. The lowest BCUT2D eigenvalue weighted by molar-refractivity contribution is -0.141. The number of nitrogens with one attached hydrogen (secondary N) is 1. The van der Waals surface area contributed by atoms with E-state index in [1.165, 1.54) is 17.1 Å². The van der Waals surface area contributed by atoms with Crippen LogP contribution in [0.2, 0.25) is 5.15 Å². The normalized spacial score (nSPS) is 20.5. The van der Waals surface area contributed by atoms with E-state index >= 15 is 0 Å². The zero-order valence-electron chi connectivity index (χ0n) is 19.5. The van der Waals surface area contributed by atoms with Crippen molar-refractivity contribution in [2.75, 3.05) is 5.32 Å². The predicted octanol–water partition coefficient (Wildman–Crippen LogP) is 2.86. The Hall–Kier alpha value is -4.25. The molecule has 1 saturated heterocycles. The molecule has 0 unspecified atom stereocenters. The van der Waals surface area contributed by atoms with Crippen LogP contribution in [0.15, 0.2) is 53.3 Å². The second kappa shape index (κ2) is 9.00. The van der Waals surface area contributed by atoms with Crippen molar-refractivity contribution in [3.8, 4) is 11.5 Å². The van der Waals surface area contributed by atoms with Gasteiger partial charge in [0, 0.05) is 17.0 Å². The lowest BCUT2D eigenvalue weighted by Crippen LogP contribution is -2.52. The first-order valence-electron chi connectivity index (χ1n) is 11.8. The van der Waals surface area contributed by atoms with Gasteiger partial charge in [0.1, 0.15) is 29.8 Å². The molecule has 2 fully saturated rings. The number of anilines is 1. The summed E-state index contributed by atoms with van der Waals surface area (Å²) in [5.41, 5.74) is 6.84. The Morgan fingerprint density at radius 2 is 2.05 bits per heavy atom. The molecule has 4 heterocycles. The van der Waals surface area contributed by atoms with E-state index in [2.05, 4.69) is 20.4 Å². The SMILES string of the molecule is NC(=O)c1nn(CC(=O)N2[C@@H]3CC[C@@H](C3)[C@H]2C(=O)Nc2cccc(Cl)n2)c2ccc(-c3ncco3)cc12. The summed E-state index contributed by atoms with van der Waals surface area (Å²) >= 11 is 5.95. The first-order chi connectivity index (χ1) is 17.9. The number of halogens is 1. The Morgan fingerprint density at radius 1 is 1.19 bits per heavy atom. The number of fused-ring (bicyclic) bond motifs is 3. The number of amides is 3. The summed E-state index contributed by atoms with van der Waals surface area (Å²) in [4.78, 5) is 48.9. The molecule has 2 aliphatic rings. The molecule has 12 heteroatoms. The van der Waals surface area contributed by atoms with E-state index in [-0.39, 0.29) is 41.2 Å². The standard InChI is InChI=1S/C25H22ClN7O4/c26-18-2-1-3-19(29-18)30-24(36)22-13-4-6-15(10-13)33(22)20(34)12-32-17-7-5-14(25-28-8-9-37-25)11-16(17)21(31-32)23(27)35/h1-3,5,7-9,11,13,15,22H,4,6,10,12H2,(H2,27,35)(H,29,30,36)/t13-,15+,22-/m0/s1. The maximum absolute atomic E-state index is 13.6. The van der Waals surface area contributed by atoms with Crippen LogP contribution in [0.4, 0.5) is 5.82 Å². The molecule has 1 saturated carbocycles. The molecule has 0 spiro atoms. The number of carbonyl (C=O) groups is 3. The number of hydrogen-bond acceptors (Lipinski definition) is 7. The van der Waals surface area contributed by atoms with Gasteiger partial charge in [-0.15, -0.1) is 0 Å². The predicted molar refractivity (Wildman–Crippen MR) is 133 cm³/mol. The molecule has 3 aromatic heterocycles. The fourth-order valence-corrected chi connectivity index (χ4v) is 5.72. The minimum Gasteiger partial charge on any atom is -0.445 e. The highest BCUT2D eigenvalue weighted by molar-refractivity contribution is 6.29. The van der Waals surface area contributed by atoms with Crippen LogP contribution in [0, 0.1) is 5.92 Å². The maximum Gasteiger partial charge on any atom is 0.269 e. The van der Waals surface area contributed by atoms with Gasteiger partial charge in [0.05, 0.1) is 11.7 Å². The van der Waals surface area contributed by atoms with Gasteiger partial charge in [-0.25, -0.2) is 9.97 Å². The maximum atomic E-state index is 13.6. The van der Waals surface area contributed by atoms with Crippen LogP contribution >= 0.6 is 11.6 Å². The van der Waals surface area contributed by atoms with Crippen LogP contribution in [-0.4, -0.2) is 54.5 Å². The number of piperidine rings is 1. The monoisotopic (exact) mass is 519 g/mol. The molecule has 188 valence electrons. The first-order valence-corrected chi connectivity index (χ1v) is 12.2. The van der Waals surface area contributed by atoms with Crippen LogP contribution in [-0.2, 0) is 16.1 Å². The summed E-state index contributed by atoms with van der Waals surface area (Å²) in [5.74, 6) is -0.493. The fourth-order valence-electron chi connectivity index (χ4n) is 5.55. The topological polar surface area (TPSA) is 149 Å². The minimum absolute atomic E-state index is 0.0327. The van der Waals surface area contributed by atoms with Gasteiger partial charge in [0.15, 0.2) is 5.69 Å². The number of nitrogens with zero attached hydrogens (tertiary/aromatic N) is 5. The molecule has 3 atom stereocenters. The highest BCUT2D eigenvalue weighted by Crippen LogP contribution is 2.43. The third-order valence-corrected chi connectivity index (χ3v) is 7.27. The van der Waals surface area contributed by atoms with Gasteiger partial charge in [0.25, 0.3) is 5.91 Å². The number of primary amides is 1. The number of oxazole rings is 1. The van der Waals surface area contributed by atoms with E-state index in [0.29, 0.717) is 28.2 Å². The van der Waals surface area contributed by atoms with Crippen molar-refractivity contribution in [1.29, 1.82) is 0 Å². The number of carbonyl (C=O) groups excluding carboxylic acids is 3. The van der Waals surface area contributed by atoms with Gasteiger partial charge in [-0.05, 0) is 55.5 Å². The van der Waals surface area contributed by atoms with Gasteiger partial charge in [-0.1, -0.05) is 17.7 Å². The summed E-state index contributed by atoms with van der Waals surface area (Å²) in [6.07, 6.45) is 5.45. The van der Waals surface area contributed by atoms with E-state index in [0.717, 1.165) is 19.3 Å². The Bertz CT molecular complexity index is 1530. The van der Waals surface area contributed by atoms with Gasteiger partial charge in [0.2, 0.25) is 17.7 Å². The third-order valence-electron chi connectivity index (χ3n) is 7.06. The molecular formula is C25H22ClN7O4. The molecule has 4 aromatic rings. The Kier molecular flexibility index (Phi) is 5.64. The van der Waals surface area contributed by atoms with Crippen molar-refractivity contribution in [2.24, 2.45) is 11.7 Å². The zero-order chi connectivity index (χ0) is 25.7. The lowest BCUT2D eigenvalue weighted by Gasteiger charge is -2.34. The summed E-state index contributed by atoms with van der Waals surface area (Å²) in [6.45, 7) is -0.148. The van der Waals surface area contributed by atoms with E-state index in [1.807, 2.05) is 0 Å². The zero-order valence-corrected chi connectivity index (χ0v) is 20.3. The second-order valence-electron chi connectivity index (χ2n) is 9.25. The lowest BCUT2D eigenvalue weighted by atomic mass is 9.97. The Labute approximate surface area is 215 Å². The summed E-state index contributed by atoms with van der Waals surface area (Å²) in [6, 6.07) is 9.53. The largest absolute Gasteiger partial charge is 0.445 e. The number of benzene rings is 1. The van der Waals surface area contributed by atoms with E-state index in [1.54, 1.807) is 41.3 Å². The smallest absolute Gasteiger partial charge is 0.269 e. The first kappa shape index (κ1) is 23.2. The molecule has 1 aliphatic heterocycles. The number of hydrogen-bond donors (Lipinski definition) is 2. The number of likely N-dealkylation sites (tertiary alicyclic amines) is 1. The summed E-state index contributed by atoms with van der Waals surface area (Å²) in [7, 11) is 0. The van der Waals surface area contributed by atoms with Crippen LogP contribution in [0.5, 0.6) is 0 Å². The van der Waals surface area contributed by atoms with Gasteiger partial charge in [-0.3, -0.25) is 19.1 Å². The molecule has 3 amide bonds. The van der Waals surface area contributed by atoms with E-state index in [9.17, 15) is 14.4 Å². The molecule has 2 bridgehead atoms. The average molecular weight is 520 g/mol. The molecule has 1 aromatic carbocycles. The van der Waals surface area contributed by atoms with Crippen molar-refractivity contribution in [3.63, 3.8) is 0 Å². The molecule has 0 radical (unpaired) electrons. The highest BCUT2D eigenvalue weighted by atomic mass is 35.5. The molecular weight excluding hydrogens is 498 g/mol. The second-order valence-corrected chi connectivity index (χ2v) is 9.63. The quantitative estimate of drug-likeness (QED) is 0.372. The average Bonchev–Trinajstić information content (AvgIpc) is 3.67. The number of nitrogens with two attached hydrogens (primary N) is 1. The van der Waals surface area contributed by atoms with Crippen molar-refractivity contribution >= 4 is 46.0 Å². The number of rotatable bonds is 6. The molecule has 37 heavy (non-hydrogen) atoms. The third kappa shape index (κ3) is 4.10. The number of pyridine rings is 1.